The van der Waals surface area contributed by atoms with Crippen molar-refractivity contribution in [1.82, 2.24) is 19.9 Å². The van der Waals surface area contributed by atoms with Crippen molar-refractivity contribution in [2.75, 3.05) is 24.0 Å². The van der Waals surface area contributed by atoms with Crippen molar-refractivity contribution in [3.63, 3.8) is 0 Å². The molecule has 2 aromatic heterocycles. The Bertz CT molecular complexity index is 811. The summed E-state index contributed by atoms with van der Waals surface area (Å²) >= 11 is 0. The standard InChI is InChI=1S/C15H17N7O2/c16-22-15-13-12(17-9-20-15)14(19-8-18-13)21-10-2-4-11(5-3-10)24-7-1-6-23/h2-5,8-9,23H,1,6-7,16H2,(H,17,20,22)(H,18,19,21). The Kier molecular flexibility index (Phi) is 4.94. The van der Waals surface area contributed by atoms with Crippen LogP contribution in [0.3, 0.4) is 0 Å². The molecule has 3 aromatic rings. The van der Waals surface area contributed by atoms with Crippen molar-refractivity contribution >= 4 is 28.4 Å². The van der Waals surface area contributed by atoms with Gasteiger partial charge in [0.2, 0.25) is 0 Å². The lowest BCUT2D eigenvalue weighted by atomic mass is 10.3. The molecule has 0 spiro atoms. The third-order valence-corrected chi connectivity index (χ3v) is 3.25. The van der Waals surface area contributed by atoms with Gasteiger partial charge in [0, 0.05) is 18.7 Å². The van der Waals surface area contributed by atoms with Crippen LogP contribution in [0, 0.1) is 0 Å². The highest BCUT2D eigenvalue weighted by atomic mass is 16.5. The summed E-state index contributed by atoms with van der Waals surface area (Å²) in [6.45, 7) is 0.591. The smallest absolute Gasteiger partial charge is 0.170 e. The monoisotopic (exact) mass is 327 g/mol. The number of rotatable bonds is 7. The summed E-state index contributed by atoms with van der Waals surface area (Å²) in [6, 6.07) is 7.41. The van der Waals surface area contributed by atoms with Gasteiger partial charge < -0.3 is 20.6 Å². The van der Waals surface area contributed by atoms with Crippen LogP contribution in [-0.4, -0.2) is 38.3 Å². The van der Waals surface area contributed by atoms with Gasteiger partial charge in [0.25, 0.3) is 0 Å². The van der Waals surface area contributed by atoms with Gasteiger partial charge in [-0.2, -0.15) is 0 Å². The molecule has 0 aliphatic heterocycles. The van der Waals surface area contributed by atoms with Crippen LogP contribution >= 0.6 is 0 Å². The van der Waals surface area contributed by atoms with E-state index in [1.54, 1.807) is 0 Å². The summed E-state index contributed by atoms with van der Waals surface area (Å²) < 4.78 is 5.50. The number of nitrogens with zero attached hydrogens (tertiary/aromatic N) is 4. The molecule has 0 atom stereocenters. The van der Waals surface area contributed by atoms with Crippen molar-refractivity contribution in [2.45, 2.75) is 6.42 Å². The van der Waals surface area contributed by atoms with Crippen LogP contribution in [0.1, 0.15) is 6.42 Å². The predicted octanol–water partition coefficient (Wildman–Crippen LogP) is 1.21. The van der Waals surface area contributed by atoms with E-state index in [1.165, 1.54) is 12.7 Å². The Morgan fingerprint density at radius 2 is 1.62 bits per heavy atom. The van der Waals surface area contributed by atoms with E-state index < -0.39 is 0 Å². The molecule has 0 unspecified atom stereocenters. The number of nitrogens with two attached hydrogens (primary N) is 1. The molecule has 1 aromatic carbocycles. The molecule has 0 aliphatic rings. The number of aromatic nitrogens is 4. The van der Waals surface area contributed by atoms with Gasteiger partial charge >= 0.3 is 0 Å². The first-order valence-corrected chi connectivity index (χ1v) is 7.35. The number of benzene rings is 1. The second-order valence-corrected chi connectivity index (χ2v) is 4.86. The molecular formula is C15H17N7O2. The Balaban J connectivity index is 1.80. The minimum atomic E-state index is 0.113. The fourth-order valence-corrected chi connectivity index (χ4v) is 2.10. The van der Waals surface area contributed by atoms with Crippen molar-refractivity contribution in [2.24, 2.45) is 5.84 Å². The van der Waals surface area contributed by atoms with E-state index in [1.807, 2.05) is 24.3 Å². The molecule has 24 heavy (non-hydrogen) atoms. The van der Waals surface area contributed by atoms with E-state index in [0.29, 0.717) is 35.7 Å². The lowest BCUT2D eigenvalue weighted by Crippen LogP contribution is -2.10. The molecule has 0 saturated heterocycles. The lowest BCUT2D eigenvalue weighted by Gasteiger charge is -2.10. The van der Waals surface area contributed by atoms with Gasteiger partial charge in [0.15, 0.2) is 11.6 Å². The minimum Gasteiger partial charge on any atom is -0.494 e. The number of hydrazine groups is 1. The molecular weight excluding hydrogens is 310 g/mol. The highest BCUT2D eigenvalue weighted by molar-refractivity contribution is 5.92. The van der Waals surface area contributed by atoms with E-state index in [4.69, 9.17) is 15.7 Å². The van der Waals surface area contributed by atoms with E-state index in [-0.39, 0.29) is 6.61 Å². The zero-order valence-electron chi connectivity index (χ0n) is 12.8. The molecule has 124 valence electrons. The summed E-state index contributed by atoms with van der Waals surface area (Å²) in [6.07, 6.45) is 3.41. The molecule has 0 fully saturated rings. The quantitative estimate of drug-likeness (QED) is 0.287. The van der Waals surface area contributed by atoms with E-state index in [9.17, 15) is 0 Å². The summed E-state index contributed by atoms with van der Waals surface area (Å²) in [5.41, 5.74) is 4.40. The number of nitrogen functional groups attached to an aromatic ring is 1. The molecule has 0 bridgehead atoms. The summed E-state index contributed by atoms with van der Waals surface area (Å²) in [5, 5.41) is 11.9. The molecule has 5 N–H and O–H groups in total. The minimum absolute atomic E-state index is 0.113. The van der Waals surface area contributed by atoms with Gasteiger partial charge in [-0.15, -0.1) is 0 Å². The van der Waals surface area contributed by atoms with Crippen LogP contribution in [-0.2, 0) is 0 Å². The van der Waals surface area contributed by atoms with E-state index in [2.05, 4.69) is 30.7 Å². The molecule has 2 heterocycles. The lowest BCUT2D eigenvalue weighted by molar-refractivity contribution is 0.233. The molecule has 0 saturated carbocycles. The number of nitrogens with one attached hydrogen (secondary N) is 2. The number of fused-ring (bicyclic) bond motifs is 1. The zero-order chi connectivity index (χ0) is 16.8. The van der Waals surface area contributed by atoms with Gasteiger partial charge in [-0.25, -0.2) is 25.8 Å². The van der Waals surface area contributed by atoms with Crippen LogP contribution in [0.2, 0.25) is 0 Å². The van der Waals surface area contributed by atoms with Crippen LogP contribution < -0.4 is 21.3 Å². The second kappa shape index (κ2) is 7.49. The largest absolute Gasteiger partial charge is 0.494 e. The molecule has 3 rings (SSSR count). The summed E-state index contributed by atoms with van der Waals surface area (Å²) in [7, 11) is 0. The Hall–Kier alpha value is -3.04. The van der Waals surface area contributed by atoms with E-state index in [0.717, 1.165) is 11.4 Å². The van der Waals surface area contributed by atoms with Gasteiger partial charge in [0.05, 0.1) is 6.61 Å². The second-order valence-electron chi connectivity index (χ2n) is 4.86. The van der Waals surface area contributed by atoms with Crippen molar-refractivity contribution in [3.05, 3.63) is 36.9 Å². The summed E-state index contributed by atoms with van der Waals surface area (Å²) in [4.78, 5) is 16.6. The molecule has 9 nitrogen and oxygen atoms in total. The molecule has 9 heteroatoms. The highest BCUT2D eigenvalue weighted by Gasteiger charge is 2.09. The number of aliphatic hydroxyl groups excluding tert-OH is 1. The van der Waals surface area contributed by atoms with Crippen LogP contribution in [0.15, 0.2) is 36.9 Å². The van der Waals surface area contributed by atoms with Gasteiger partial charge in [-0.3, -0.25) is 0 Å². The molecule has 0 radical (unpaired) electrons. The van der Waals surface area contributed by atoms with Crippen molar-refractivity contribution in [1.29, 1.82) is 0 Å². The number of anilines is 3. The Morgan fingerprint density at radius 1 is 0.958 bits per heavy atom. The Morgan fingerprint density at radius 3 is 2.29 bits per heavy atom. The third kappa shape index (κ3) is 3.47. The number of hydrogen-bond donors (Lipinski definition) is 4. The topological polar surface area (TPSA) is 131 Å². The fraction of sp³-hybridized carbons (Fsp3) is 0.200. The Labute approximate surface area is 137 Å². The first-order chi connectivity index (χ1) is 11.8. The maximum absolute atomic E-state index is 8.75. The van der Waals surface area contributed by atoms with E-state index >= 15 is 0 Å². The maximum Gasteiger partial charge on any atom is 0.170 e. The zero-order valence-corrected chi connectivity index (χ0v) is 12.8. The fourth-order valence-electron chi connectivity index (χ4n) is 2.10. The highest BCUT2D eigenvalue weighted by Crippen LogP contribution is 2.25. The van der Waals surface area contributed by atoms with Crippen LogP contribution in [0.25, 0.3) is 11.0 Å². The van der Waals surface area contributed by atoms with Gasteiger partial charge in [-0.1, -0.05) is 0 Å². The maximum atomic E-state index is 8.75. The third-order valence-electron chi connectivity index (χ3n) is 3.25. The van der Waals surface area contributed by atoms with Crippen molar-refractivity contribution in [3.8, 4) is 5.75 Å². The average molecular weight is 327 g/mol. The normalized spacial score (nSPS) is 10.6. The summed E-state index contributed by atoms with van der Waals surface area (Å²) in [5.74, 6) is 7.15. The number of hydrogen-bond acceptors (Lipinski definition) is 9. The first-order valence-electron chi connectivity index (χ1n) is 7.35. The number of aliphatic hydroxyl groups is 1. The van der Waals surface area contributed by atoms with Gasteiger partial charge in [-0.05, 0) is 24.3 Å². The molecule has 0 amide bonds. The first kappa shape index (κ1) is 15.8. The average Bonchev–Trinajstić information content (AvgIpc) is 2.63. The predicted molar refractivity (Wildman–Crippen MR) is 89.9 cm³/mol. The number of ether oxygens (including phenoxy) is 1. The SMILES string of the molecule is NNc1ncnc2c(Nc3ccc(OCCCO)cc3)ncnc12. The molecule has 0 aliphatic carbocycles. The van der Waals surface area contributed by atoms with Crippen LogP contribution in [0.4, 0.5) is 17.3 Å². The van der Waals surface area contributed by atoms with Gasteiger partial charge in [0.1, 0.15) is 29.4 Å². The van der Waals surface area contributed by atoms with Crippen molar-refractivity contribution < 1.29 is 9.84 Å². The van der Waals surface area contributed by atoms with Crippen LogP contribution in [0.5, 0.6) is 5.75 Å².